The number of cyclic esters (lactones) is 2. The molecule has 11 heavy (non-hydrogen) atoms. The Kier molecular flexibility index (Phi) is 1.38. The van der Waals surface area contributed by atoms with Crippen molar-refractivity contribution >= 4 is 23.7 Å². The van der Waals surface area contributed by atoms with Crippen LogP contribution in [0.2, 0.25) is 0 Å². The van der Waals surface area contributed by atoms with Gasteiger partial charge in [0, 0.05) is 5.75 Å². The molecule has 0 saturated heterocycles. The molecule has 0 fully saturated rings. The molecule has 0 N–H and O–H groups in total. The van der Waals surface area contributed by atoms with Gasteiger partial charge in [0.15, 0.2) is 0 Å². The van der Waals surface area contributed by atoms with Gasteiger partial charge in [-0.05, 0) is 0 Å². The lowest BCUT2D eigenvalue weighted by Crippen LogP contribution is -2.08. The molecule has 0 aliphatic carbocycles. The fraction of sp³-hybridized carbons (Fsp3) is 0.333. The zero-order valence-electron chi connectivity index (χ0n) is 5.46. The lowest BCUT2D eigenvalue weighted by atomic mass is 10.5. The van der Waals surface area contributed by atoms with Crippen LogP contribution in [0.5, 0.6) is 0 Å². The van der Waals surface area contributed by atoms with Gasteiger partial charge >= 0.3 is 11.9 Å². The first-order valence-electron chi connectivity index (χ1n) is 3.05. The Bertz CT molecular complexity index is 242. The molecule has 5 heteroatoms. The molecular formula is C6H4O4S. The fourth-order valence-corrected chi connectivity index (χ4v) is 1.70. The van der Waals surface area contributed by atoms with Gasteiger partial charge in [-0.3, -0.25) is 0 Å². The summed E-state index contributed by atoms with van der Waals surface area (Å²) in [4.78, 5) is 21.9. The Morgan fingerprint density at radius 3 is 2.82 bits per heavy atom. The Balaban J connectivity index is 2.40. The molecule has 2 heterocycles. The highest BCUT2D eigenvalue weighted by Crippen LogP contribution is 2.31. The van der Waals surface area contributed by atoms with Crippen molar-refractivity contribution in [3.8, 4) is 0 Å². The van der Waals surface area contributed by atoms with E-state index in [0.29, 0.717) is 17.3 Å². The van der Waals surface area contributed by atoms with Crippen LogP contribution in [-0.4, -0.2) is 24.3 Å². The zero-order chi connectivity index (χ0) is 7.84. The van der Waals surface area contributed by atoms with Crippen molar-refractivity contribution in [3.63, 3.8) is 0 Å². The first-order chi connectivity index (χ1) is 5.29. The first kappa shape index (κ1) is 6.72. The quantitative estimate of drug-likeness (QED) is 0.381. The average molecular weight is 172 g/mol. The van der Waals surface area contributed by atoms with Gasteiger partial charge in [0.25, 0.3) is 0 Å². The van der Waals surface area contributed by atoms with E-state index in [2.05, 4.69) is 4.74 Å². The number of esters is 2. The highest BCUT2D eigenvalue weighted by molar-refractivity contribution is 8.04. The molecule has 0 spiro atoms. The van der Waals surface area contributed by atoms with Crippen molar-refractivity contribution in [3.05, 3.63) is 10.7 Å². The monoisotopic (exact) mass is 172 g/mol. The maximum Gasteiger partial charge on any atom is 0.383 e. The molecule has 0 aromatic rings. The van der Waals surface area contributed by atoms with Gasteiger partial charge < -0.3 is 9.47 Å². The van der Waals surface area contributed by atoms with Crippen LogP contribution >= 0.6 is 11.8 Å². The molecule has 4 nitrogen and oxygen atoms in total. The van der Waals surface area contributed by atoms with Crippen LogP contribution in [0.25, 0.3) is 0 Å². The van der Waals surface area contributed by atoms with E-state index in [9.17, 15) is 9.59 Å². The predicted molar refractivity (Wildman–Crippen MR) is 36.5 cm³/mol. The molecule has 0 saturated carbocycles. The summed E-state index contributed by atoms with van der Waals surface area (Å²) in [5, 5.41) is 0. The third kappa shape index (κ3) is 0.920. The third-order valence-corrected chi connectivity index (χ3v) is 2.35. The average Bonchev–Trinajstić information content (AvgIpc) is 2.30. The summed E-state index contributed by atoms with van der Waals surface area (Å²) in [6.07, 6.45) is 0. The molecular weight excluding hydrogens is 168 g/mol. The van der Waals surface area contributed by atoms with Crippen LogP contribution in [0.4, 0.5) is 0 Å². The standard InChI is InChI=1S/C6H4O4S/c7-5-3-4(6(8)10-5)11-2-1-9-3/h1-2H2. The highest BCUT2D eigenvalue weighted by atomic mass is 32.2. The van der Waals surface area contributed by atoms with E-state index in [1.807, 2.05) is 0 Å². The largest absolute Gasteiger partial charge is 0.485 e. The van der Waals surface area contributed by atoms with Gasteiger partial charge in [-0.15, -0.1) is 11.8 Å². The second kappa shape index (κ2) is 2.27. The van der Waals surface area contributed by atoms with Gasteiger partial charge in [-0.1, -0.05) is 0 Å². The molecule has 2 aliphatic rings. The topological polar surface area (TPSA) is 52.6 Å². The number of rotatable bonds is 0. The fourth-order valence-electron chi connectivity index (χ4n) is 0.899. The lowest BCUT2D eigenvalue weighted by molar-refractivity contribution is -0.152. The van der Waals surface area contributed by atoms with E-state index in [0.717, 1.165) is 0 Å². The number of thioether (sulfide) groups is 1. The maximum atomic E-state index is 10.8. The van der Waals surface area contributed by atoms with E-state index in [-0.39, 0.29) is 5.76 Å². The Morgan fingerprint density at radius 2 is 2.09 bits per heavy atom. The molecule has 0 atom stereocenters. The van der Waals surface area contributed by atoms with Gasteiger partial charge in [0.2, 0.25) is 5.76 Å². The second-order valence-electron chi connectivity index (χ2n) is 2.03. The van der Waals surface area contributed by atoms with E-state index >= 15 is 0 Å². The van der Waals surface area contributed by atoms with Crippen LogP contribution in [-0.2, 0) is 19.1 Å². The van der Waals surface area contributed by atoms with Crippen LogP contribution in [0.15, 0.2) is 10.7 Å². The van der Waals surface area contributed by atoms with Crippen molar-refractivity contribution in [2.24, 2.45) is 0 Å². The Morgan fingerprint density at radius 1 is 1.27 bits per heavy atom. The van der Waals surface area contributed by atoms with Gasteiger partial charge in [0.1, 0.15) is 4.91 Å². The van der Waals surface area contributed by atoms with Crippen LogP contribution in [0, 0.1) is 0 Å². The number of carbonyl (C=O) groups is 2. The summed E-state index contributed by atoms with van der Waals surface area (Å²) in [6, 6.07) is 0. The van der Waals surface area contributed by atoms with Crippen molar-refractivity contribution in [2.45, 2.75) is 0 Å². The summed E-state index contributed by atoms with van der Waals surface area (Å²) in [6.45, 7) is 0.464. The van der Waals surface area contributed by atoms with Gasteiger partial charge in [-0.25, -0.2) is 9.59 Å². The zero-order valence-corrected chi connectivity index (χ0v) is 6.27. The number of carbonyl (C=O) groups excluding carboxylic acids is 2. The van der Waals surface area contributed by atoms with E-state index in [1.165, 1.54) is 11.8 Å². The van der Waals surface area contributed by atoms with Crippen molar-refractivity contribution in [1.29, 1.82) is 0 Å². The molecule has 2 aliphatic heterocycles. The highest BCUT2D eigenvalue weighted by Gasteiger charge is 2.37. The Labute approximate surface area is 66.5 Å². The van der Waals surface area contributed by atoms with Crippen molar-refractivity contribution < 1.29 is 19.1 Å². The second-order valence-corrected chi connectivity index (χ2v) is 3.14. The molecule has 58 valence electrons. The summed E-state index contributed by atoms with van der Waals surface area (Å²) in [7, 11) is 0. The molecule has 0 aromatic heterocycles. The minimum absolute atomic E-state index is 0.0891. The molecule has 0 radical (unpaired) electrons. The van der Waals surface area contributed by atoms with Crippen LogP contribution in [0.1, 0.15) is 0 Å². The normalized spacial score (nSPS) is 22.9. The van der Waals surface area contributed by atoms with Crippen LogP contribution < -0.4 is 0 Å². The number of hydrogen-bond donors (Lipinski definition) is 0. The molecule has 0 unspecified atom stereocenters. The molecule has 0 amide bonds. The summed E-state index contributed by atoms with van der Waals surface area (Å²) in [5.74, 6) is -0.445. The Hall–Kier alpha value is -0.970. The summed E-state index contributed by atoms with van der Waals surface area (Å²) < 4.78 is 9.26. The SMILES string of the molecule is O=C1OC(=O)C2=C1OCCS2. The van der Waals surface area contributed by atoms with Gasteiger partial charge in [-0.2, -0.15) is 0 Å². The number of hydrogen-bond acceptors (Lipinski definition) is 5. The summed E-state index contributed by atoms with van der Waals surface area (Å²) in [5.41, 5.74) is 0. The van der Waals surface area contributed by atoms with Crippen molar-refractivity contribution in [2.75, 3.05) is 12.4 Å². The predicted octanol–water partition coefficient (Wildman–Crippen LogP) is 0.0448. The lowest BCUT2D eigenvalue weighted by Gasteiger charge is -2.09. The van der Waals surface area contributed by atoms with E-state index in [4.69, 9.17) is 4.74 Å². The van der Waals surface area contributed by atoms with E-state index < -0.39 is 11.9 Å². The van der Waals surface area contributed by atoms with Gasteiger partial charge in [0.05, 0.1) is 6.61 Å². The molecule has 0 bridgehead atoms. The minimum Gasteiger partial charge on any atom is -0.485 e. The molecule has 2 rings (SSSR count). The van der Waals surface area contributed by atoms with Crippen LogP contribution in [0.3, 0.4) is 0 Å². The molecule has 0 aromatic carbocycles. The minimum atomic E-state index is -0.655. The maximum absolute atomic E-state index is 10.8. The van der Waals surface area contributed by atoms with E-state index in [1.54, 1.807) is 0 Å². The third-order valence-electron chi connectivity index (χ3n) is 1.34. The summed E-state index contributed by atoms with van der Waals surface area (Å²) >= 11 is 1.30. The first-order valence-corrected chi connectivity index (χ1v) is 4.04. The number of ether oxygens (including phenoxy) is 2. The van der Waals surface area contributed by atoms with Crippen molar-refractivity contribution in [1.82, 2.24) is 0 Å². The smallest absolute Gasteiger partial charge is 0.383 e.